The molecule has 100 valence electrons. The van der Waals surface area contributed by atoms with Crippen LogP contribution in [0.2, 0.25) is 0 Å². The predicted molar refractivity (Wildman–Crippen MR) is 71.6 cm³/mol. The van der Waals surface area contributed by atoms with E-state index in [0.717, 1.165) is 18.8 Å². The highest BCUT2D eigenvalue weighted by Crippen LogP contribution is 2.57. The molecular weight excluding hydrogens is 234 g/mol. The zero-order valence-corrected chi connectivity index (χ0v) is 12.0. The fraction of sp³-hybridized carbons (Fsp3) is 1.00. The van der Waals surface area contributed by atoms with Crippen molar-refractivity contribution in [1.29, 1.82) is 0 Å². The maximum Gasteiger partial charge on any atom is 0.0661 e. The lowest BCUT2D eigenvalue weighted by atomic mass is 9.51. The molecule has 1 N–H and O–H groups in total. The molecule has 0 aromatic heterocycles. The molecular formula is C13H25NO2S. The van der Waals surface area contributed by atoms with Gasteiger partial charge >= 0.3 is 0 Å². The van der Waals surface area contributed by atoms with Crippen LogP contribution in [0.25, 0.3) is 0 Å². The first-order valence-corrected chi connectivity index (χ1v) is 8.49. The Bertz CT molecular complexity index is 291. The van der Waals surface area contributed by atoms with Gasteiger partial charge in [-0.05, 0) is 33.1 Å². The summed E-state index contributed by atoms with van der Waals surface area (Å²) in [5.41, 5.74) is 0.416. The van der Waals surface area contributed by atoms with Crippen LogP contribution in [0.4, 0.5) is 0 Å². The van der Waals surface area contributed by atoms with Crippen LogP contribution in [0.3, 0.4) is 0 Å². The summed E-state index contributed by atoms with van der Waals surface area (Å²) in [5, 5.41) is 3.66. The fourth-order valence-electron chi connectivity index (χ4n) is 3.42. The minimum Gasteiger partial charge on any atom is -0.378 e. The van der Waals surface area contributed by atoms with E-state index in [4.69, 9.17) is 4.74 Å². The van der Waals surface area contributed by atoms with Crippen molar-refractivity contribution in [3.63, 3.8) is 0 Å². The van der Waals surface area contributed by atoms with Crippen LogP contribution in [-0.2, 0) is 15.5 Å². The molecule has 0 radical (unpaired) electrons. The van der Waals surface area contributed by atoms with Crippen molar-refractivity contribution in [2.75, 3.05) is 18.6 Å². The van der Waals surface area contributed by atoms with Crippen LogP contribution in [0, 0.1) is 5.41 Å². The number of ether oxygens (including phenoxy) is 1. The van der Waals surface area contributed by atoms with Crippen LogP contribution < -0.4 is 5.32 Å². The van der Waals surface area contributed by atoms with E-state index >= 15 is 0 Å². The van der Waals surface area contributed by atoms with Gasteiger partial charge in [-0.1, -0.05) is 6.42 Å². The monoisotopic (exact) mass is 259 g/mol. The zero-order valence-electron chi connectivity index (χ0n) is 11.2. The van der Waals surface area contributed by atoms with Crippen molar-refractivity contribution >= 4 is 10.8 Å². The molecule has 0 amide bonds. The molecule has 2 rings (SSSR count). The minimum absolute atomic E-state index is 0.353. The number of rotatable bonds is 6. The van der Waals surface area contributed by atoms with Crippen molar-refractivity contribution in [3.8, 4) is 0 Å². The molecule has 0 bridgehead atoms. The average Bonchev–Trinajstić information content (AvgIpc) is 2.11. The summed E-state index contributed by atoms with van der Waals surface area (Å²) in [6, 6.07) is 0.942. The third kappa shape index (κ3) is 2.59. The van der Waals surface area contributed by atoms with Crippen LogP contribution >= 0.6 is 0 Å². The first-order valence-electron chi connectivity index (χ1n) is 6.76. The molecule has 1 spiro atoms. The molecule has 2 fully saturated rings. The molecule has 0 saturated heterocycles. The SMILES string of the molecule is CCOC1CC(NC(C)CS(C)=O)C12CCC2. The fourth-order valence-corrected chi connectivity index (χ4v) is 4.22. The molecule has 4 unspecified atom stereocenters. The second-order valence-corrected chi connectivity index (χ2v) is 7.11. The Balaban J connectivity index is 1.84. The molecule has 17 heavy (non-hydrogen) atoms. The molecule has 2 saturated carbocycles. The molecule has 2 aliphatic rings. The Morgan fingerprint density at radius 3 is 2.71 bits per heavy atom. The minimum atomic E-state index is -0.705. The maximum atomic E-state index is 11.2. The first kappa shape index (κ1) is 13.5. The summed E-state index contributed by atoms with van der Waals surface area (Å²) >= 11 is 0. The molecule has 2 aliphatic carbocycles. The van der Waals surface area contributed by atoms with Crippen LogP contribution in [0.5, 0.6) is 0 Å². The molecule has 0 aromatic carbocycles. The highest BCUT2D eigenvalue weighted by molar-refractivity contribution is 7.84. The zero-order chi connectivity index (χ0) is 12.5. The van der Waals surface area contributed by atoms with E-state index in [1.165, 1.54) is 19.3 Å². The third-order valence-corrected chi connectivity index (χ3v) is 5.38. The van der Waals surface area contributed by atoms with E-state index in [-0.39, 0.29) is 0 Å². The Labute approximate surface area is 107 Å². The maximum absolute atomic E-state index is 11.2. The van der Waals surface area contributed by atoms with Crippen molar-refractivity contribution in [3.05, 3.63) is 0 Å². The standard InChI is InChI=1S/C13H25NO2S/c1-4-16-12-8-11(13(12)6-5-7-13)14-10(2)9-17(3)15/h10-12,14H,4-9H2,1-3H3. The molecule has 3 nitrogen and oxygen atoms in total. The number of hydrogen-bond acceptors (Lipinski definition) is 3. The summed E-state index contributed by atoms with van der Waals surface area (Å²) in [6.07, 6.45) is 7.33. The summed E-state index contributed by atoms with van der Waals surface area (Å²) < 4.78 is 17.0. The largest absolute Gasteiger partial charge is 0.378 e. The summed E-state index contributed by atoms with van der Waals surface area (Å²) in [5.74, 6) is 0.756. The van der Waals surface area contributed by atoms with Crippen LogP contribution in [0.15, 0.2) is 0 Å². The van der Waals surface area contributed by atoms with Crippen molar-refractivity contribution in [1.82, 2.24) is 5.32 Å². The summed E-state index contributed by atoms with van der Waals surface area (Å²) in [4.78, 5) is 0. The Kier molecular flexibility index (Phi) is 4.26. The lowest BCUT2D eigenvalue weighted by molar-refractivity contribution is -0.174. The van der Waals surface area contributed by atoms with Gasteiger partial charge in [0.15, 0.2) is 0 Å². The Hall–Kier alpha value is 0.0700. The molecule has 4 atom stereocenters. The van der Waals surface area contributed by atoms with Gasteiger partial charge in [0.05, 0.1) is 6.10 Å². The van der Waals surface area contributed by atoms with Gasteiger partial charge in [-0.3, -0.25) is 4.21 Å². The van der Waals surface area contributed by atoms with Gasteiger partial charge < -0.3 is 10.1 Å². The van der Waals surface area contributed by atoms with E-state index in [1.54, 1.807) is 6.26 Å². The van der Waals surface area contributed by atoms with Gasteiger partial charge in [0.2, 0.25) is 0 Å². The number of hydrogen-bond donors (Lipinski definition) is 1. The van der Waals surface area contributed by atoms with Crippen LogP contribution in [-0.4, -0.2) is 41.0 Å². The van der Waals surface area contributed by atoms with E-state index in [1.807, 2.05) is 0 Å². The first-order chi connectivity index (χ1) is 8.08. The van der Waals surface area contributed by atoms with E-state index in [9.17, 15) is 4.21 Å². The van der Waals surface area contributed by atoms with Gasteiger partial charge in [-0.15, -0.1) is 0 Å². The van der Waals surface area contributed by atoms with Gasteiger partial charge in [-0.2, -0.15) is 0 Å². The van der Waals surface area contributed by atoms with E-state index < -0.39 is 10.8 Å². The molecule has 0 heterocycles. The van der Waals surface area contributed by atoms with Crippen molar-refractivity contribution in [2.24, 2.45) is 5.41 Å². The molecule has 0 aromatic rings. The Morgan fingerprint density at radius 1 is 1.53 bits per heavy atom. The number of nitrogens with one attached hydrogen (secondary N) is 1. The second kappa shape index (κ2) is 5.37. The quantitative estimate of drug-likeness (QED) is 0.789. The third-order valence-electron chi connectivity index (χ3n) is 4.41. The summed E-state index contributed by atoms with van der Waals surface area (Å²) in [6.45, 7) is 5.05. The summed E-state index contributed by atoms with van der Waals surface area (Å²) in [7, 11) is -0.705. The highest BCUT2D eigenvalue weighted by atomic mass is 32.2. The topological polar surface area (TPSA) is 38.3 Å². The Morgan fingerprint density at radius 2 is 2.24 bits per heavy atom. The average molecular weight is 259 g/mol. The second-order valence-electron chi connectivity index (χ2n) is 5.63. The van der Waals surface area contributed by atoms with Crippen LogP contribution in [0.1, 0.15) is 39.5 Å². The lowest BCUT2D eigenvalue weighted by Gasteiger charge is -2.61. The predicted octanol–water partition coefficient (Wildman–Crippen LogP) is 1.69. The van der Waals surface area contributed by atoms with E-state index in [0.29, 0.717) is 23.6 Å². The van der Waals surface area contributed by atoms with Crippen molar-refractivity contribution < 1.29 is 8.95 Å². The normalized spacial score (nSPS) is 33.8. The van der Waals surface area contributed by atoms with Gasteiger partial charge in [-0.25, -0.2) is 0 Å². The van der Waals surface area contributed by atoms with Crippen molar-refractivity contribution in [2.45, 2.75) is 57.7 Å². The van der Waals surface area contributed by atoms with E-state index in [2.05, 4.69) is 19.2 Å². The lowest BCUT2D eigenvalue weighted by Crippen LogP contribution is -2.68. The van der Waals surface area contributed by atoms with Gasteiger partial charge in [0, 0.05) is 46.9 Å². The molecule has 4 heteroatoms. The van der Waals surface area contributed by atoms with Gasteiger partial charge in [0.25, 0.3) is 0 Å². The smallest absolute Gasteiger partial charge is 0.0661 e. The highest BCUT2D eigenvalue weighted by Gasteiger charge is 2.58. The van der Waals surface area contributed by atoms with Gasteiger partial charge in [0.1, 0.15) is 0 Å². The molecule has 0 aliphatic heterocycles.